The van der Waals surface area contributed by atoms with E-state index in [0.717, 1.165) is 86.7 Å². The number of allylic oxidation sites excluding steroid dienone is 7. The number of likely N-dealkylation sites (tertiary alicyclic amines) is 1. The molecule has 2 saturated heterocycles. The van der Waals surface area contributed by atoms with Gasteiger partial charge in [-0.2, -0.15) is 0 Å². The molecule has 45 heavy (non-hydrogen) atoms. The molecule has 0 bridgehead atoms. The molecule has 1 N–H and O–H groups in total. The highest BCUT2D eigenvalue weighted by Gasteiger charge is 2.24. The summed E-state index contributed by atoms with van der Waals surface area (Å²) in [5.41, 5.74) is 4.20. The van der Waals surface area contributed by atoms with Crippen LogP contribution in [-0.4, -0.2) is 70.9 Å². The van der Waals surface area contributed by atoms with Crippen LogP contribution >= 0.6 is 0 Å². The number of amides is 1. The molecule has 0 aromatic carbocycles. The number of nitrogens with zero attached hydrogens (tertiary/aromatic N) is 6. The largest absolute Gasteiger partial charge is 0.356 e. The number of carbonyl (C=O) groups is 1. The molecule has 5 rings (SSSR count). The van der Waals surface area contributed by atoms with Crippen molar-refractivity contribution in [3.63, 3.8) is 0 Å². The number of aliphatic imine (C=N–C) groups is 1. The molecule has 2 aliphatic heterocycles. The molecule has 2 aromatic heterocycles. The molecular weight excluding hydrogens is 562 g/mol. The first-order valence-electron chi connectivity index (χ1n) is 16.4. The fourth-order valence-electron chi connectivity index (χ4n) is 5.40. The molecule has 2 fully saturated rings. The van der Waals surface area contributed by atoms with Crippen molar-refractivity contribution in [3.05, 3.63) is 70.5 Å². The van der Waals surface area contributed by atoms with Crippen molar-refractivity contribution in [2.75, 3.05) is 44.2 Å². The van der Waals surface area contributed by atoms with Crippen molar-refractivity contribution in [2.45, 2.75) is 80.3 Å². The lowest BCUT2D eigenvalue weighted by Crippen LogP contribution is -2.31. The van der Waals surface area contributed by atoms with E-state index in [9.17, 15) is 9.59 Å². The quantitative estimate of drug-likeness (QED) is 0.247. The van der Waals surface area contributed by atoms with Gasteiger partial charge in [-0.15, -0.1) is 5.92 Å². The van der Waals surface area contributed by atoms with Crippen molar-refractivity contribution in [3.8, 4) is 11.8 Å². The highest BCUT2D eigenvalue weighted by molar-refractivity contribution is 5.86. The van der Waals surface area contributed by atoms with Crippen LogP contribution in [0.4, 0.5) is 5.82 Å². The predicted molar refractivity (Wildman–Crippen MR) is 190 cm³/mol. The Bertz CT molecular complexity index is 1470. The maximum atomic E-state index is 13.8. The maximum absolute atomic E-state index is 13.8. The molecule has 0 spiro atoms. The highest BCUT2D eigenvalue weighted by atomic mass is 16.1. The van der Waals surface area contributed by atoms with Crippen LogP contribution in [0.15, 0.2) is 64.3 Å². The topological polar surface area (TPSA) is 87.8 Å². The molecule has 9 nitrogen and oxygen atoms in total. The summed E-state index contributed by atoms with van der Waals surface area (Å²) in [5.74, 6) is 7.20. The van der Waals surface area contributed by atoms with Gasteiger partial charge < -0.3 is 19.7 Å². The molecule has 244 valence electrons. The van der Waals surface area contributed by atoms with Gasteiger partial charge in [-0.25, -0.2) is 4.98 Å². The van der Waals surface area contributed by atoms with E-state index in [4.69, 9.17) is 4.98 Å². The SMILES string of the molecule is C=CC=N/C(Cn1cnc2c(C)c(N3CCCNCC3)n(CC#CC)c2c1=O)=C1/C=CC=CC1.CC.CC.O=CN1CCCC1. The minimum absolute atomic E-state index is 0.0764. The van der Waals surface area contributed by atoms with Gasteiger partial charge in [-0.3, -0.25) is 19.1 Å². The smallest absolute Gasteiger partial charge is 0.278 e. The molecular formula is C36H53N7O2. The van der Waals surface area contributed by atoms with Crippen LogP contribution < -0.4 is 15.8 Å². The van der Waals surface area contributed by atoms with Crippen molar-refractivity contribution >= 4 is 29.5 Å². The minimum atomic E-state index is -0.0764. The summed E-state index contributed by atoms with van der Waals surface area (Å²) in [4.78, 5) is 37.2. The van der Waals surface area contributed by atoms with Gasteiger partial charge in [0.2, 0.25) is 6.41 Å². The Morgan fingerprint density at radius 3 is 2.47 bits per heavy atom. The molecule has 0 radical (unpaired) electrons. The van der Waals surface area contributed by atoms with E-state index < -0.39 is 0 Å². The number of rotatable bonds is 7. The Kier molecular flexibility index (Phi) is 17.1. The summed E-state index contributed by atoms with van der Waals surface area (Å²) in [5, 5.41) is 3.46. The number of nitrogens with one attached hydrogen (secondary N) is 1. The van der Waals surface area contributed by atoms with Gasteiger partial charge in [0.1, 0.15) is 16.9 Å². The number of aromatic nitrogens is 3. The average Bonchev–Trinajstić information content (AvgIpc) is 3.63. The predicted octanol–water partition coefficient (Wildman–Crippen LogP) is 5.65. The lowest BCUT2D eigenvalue weighted by Gasteiger charge is -2.24. The van der Waals surface area contributed by atoms with Gasteiger partial charge in [-0.1, -0.05) is 70.6 Å². The molecule has 0 unspecified atom stereocenters. The number of hydrogen-bond acceptors (Lipinski definition) is 6. The third-order valence-corrected chi connectivity index (χ3v) is 7.48. The molecule has 0 saturated carbocycles. The van der Waals surface area contributed by atoms with Crippen molar-refractivity contribution in [1.82, 2.24) is 24.3 Å². The van der Waals surface area contributed by atoms with Crippen molar-refractivity contribution in [1.29, 1.82) is 0 Å². The van der Waals surface area contributed by atoms with E-state index in [2.05, 4.69) is 51.2 Å². The first kappa shape index (κ1) is 37.0. The zero-order valence-electron chi connectivity index (χ0n) is 28.3. The normalized spacial score (nSPS) is 16.8. The van der Waals surface area contributed by atoms with Gasteiger partial charge >= 0.3 is 0 Å². The van der Waals surface area contributed by atoms with Crippen LogP contribution in [0.2, 0.25) is 0 Å². The Labute approximate surface area is 270 Å². The van der Waals surface area contributed by atoms with E-state index in [1.54, 1.807) is 28.1 Å². The number of aryl methyl sites for hydroxylation is 1. The summed E-state index contributed by atoms with van der Waals surface area (Å²) in [6, 6.07) is 0. The average molecular weight is 616 g/mol. The molecule has 3 aliphatic rings. The summed E-state index contributed by atoms with van der Waals surface area (Å²) in [6.45, 7) is 22.1. The van der Waals surface area contributed by atoms with Gasteiger partial charge in [0.15, 0.2) is 0 Å². The lowest BCUT2D eigenvalue weighted by atomic mass is 10.1. The summed E-state index contributed by atoms with van der Waals surface area (Å²) >= 11 is 0. The van der Waals surface area contributed by atoms with Gasteiger partial charge in [0.05, 0.1) is 25.1 Å². The van der Waals surface area contributed by atoms with E-state index in [1.807, 2.05) is 52.8 Å². The fraction of sp³-hybridized carbons (Fsp3) is 0.500. The molecule has 4 heterocycles. The van der Waals surface area contributed by atoms with Crippen LogP contribution in [-0.2, 0) is 17.9 Å². The van der Waals surface area contributed by atoms with Crippen LogP contribution in [0.5, 0.6) is 0 Å². The third kappa shape index (κ3) is 10.2. The molecule has 9 heteroatoms. The zero-order chi connectivity index (χ0) is 33.0. The van der Waals surface area contributed by atoms with Gasteiger partial charge in [-0.05, 0) is 51.6 Å². The van der Waals surface area contributed by atoms with Crippen molar-refractivity contribution < 1.29 is 4.79 Å². The Balaban J connectivity index is 0.000000551. The molecule has 2 aromatic rings. The lowest BCUT2D eigenvalue weighted by molar-refractivity contribution is -0.117. The second kappa shape index (κ2) is 20.7. The van der Waals surface area contributed by atoms with Gasteiger partial charge in [0, 0.05) is 44.5 Å². The number of fused-ring (bicyclic) bond motifs is 1. The monoisotopic (exact) mass is 615 g/mol. The summed E-state index contributed by atoms with van der Waals surface area (Å²) < 4.78 is 3.71. The summed E-state index contributed by atoms with van der Waals surface area (Å²) in [6.07, 6.45) is 18.2. The van der Waals surface area contributed by atoms with Crippen LogP contribution in [0.1, 0.15) is 65.9 Å². The van der Waals surface area contributed by atoms with E-state index in [0.29, 0.717) is 18.6 Å². The Hall–Kier alpha value is -4.16. The highest BCUT2D eigenvalue weighted by Crippen LogP contribution is 2.30. The minimum Gasteiger partial charge on any atom is -0.356 e. The zero-order valence-corrected chi connectivity index (χ0v) is 28.3. The number of anilines is 1. The first-order chi connectivity index (χ1) is 22.1. The molecule has 1 aliphatic carbocycles. The summed E-state index contributed by atoms with van der Waals surface area (Å²) in [7, 11) is 0. The van der Waals surface area contributed by atoms with E-state index in [1.165, 1.54) is 12.8 Å². The number of hydrogen-bond donors (Lipinski definition) is 1. The second-order valence-electron chi connectivity index (χ2n) is 10.3. The van der Waals surface area contributed by atoms with Crippen LogP contribution in [0, 0.1) is 18.8 Å². The Morgan fingerprint density at radius 1 is 1.09 bits per heavy atom. The van der Waals surface area contributed by atoms with E-state index in [-0.39, 0.29) is 5.56 Å². The van der Waals surface area contributed by atoms with Crippen LogP contribution in [0.3, 0.4) is 0 Å². The Morgan fingerprint density at radius 2 is 1.84 bits per heavy atom. The standard InChI is InChI=1S/C27H32N6O.C5H9NO.2C2H6/c1-4-6-17-33-25-24(21(3)26(33)31-16-10-14-28-15-18-31)30-20-32(27(25)34)19-23(29-13-5-2)22-11-8-7-9-12-22;7-5-6-3-1-2-4-6;2*1-2/h5,7-9,11,13,20,28H,2,10,12,14-19H2,1,3H3;5H,1-4H2;2*1-2H3/b23-22-,29-13?;;;. The van der Waals surface area contributed by atoms with Gasteiger partial charge in [0.25, 0.3) is 5.56 Å². The van der Waals surface area contributed by atoms with Crippen molar-refractivity contribution in [2.24, 2.45) is 4.99 Å². The third-order valence-electron chi connectivity index (χ3n) is 7.48. The van der Waals surface area contributed by atoms with Crippen LogP contribution in [0.25, 0.3) is 11.0 Å². The molecule has 1 amide bonds. The first-order valence-corrected chi connectivity index (χ1v) is 16.4. The molecule has 0 atom stereocenters. The maximum Gasteiger partial charge on any atom is 0.278 e. The number of carbonyl (C=O) groups excluding carboxylic acids is 1. The fourth-order valence-corrected chi connectivity index (χ4v) is 5.40. The van der Waals surface area contributed by atoms with E-state index >= 15 is 0 Å². The second-order valence-corrected chi connectivity index (χ2v) is 10.3.